The average Bonchev–Trinajstić information content (AvgIpc) is 2.94. The summed E-state index contributed by atoms with van der Waals surface area (Å²) in [6, 6.07) is 9.32. The van der Waals surface area contributed by atoms with Crippen molar-refractivity contribution in [3.8, 4) is 11.8 Å². The summed E-state index contributed by atoms with van der Waals surface area (Å²) in [7, 11) is 0. The van der Waals surface area contributed by atoms with Gasteiger partial charge in [-0.3, -0.25) is 4.68 Å². The molecule has 20 heavy (non-hydrogen) atoms. The number of nitrogens with zero attached hydrogens (tertiary/aromatic N) is 3. The molecule has 0 bridgehead atoms. The molecule has 2 rings (SSSR count). The molecule has 0 amide bonds. The summed E-state index contributed by atoms with van der Waals surface area (Å²) < 4.78 is 7.56. The third-order valence-corrected chi connectivity index (χ3v) is 3.44. The van der Waals surface area contributed by atoms with E-state index in [2.05, 4.69) is 18.9 Å². The first-order valence-electron chi connectivity index (χ1n) is 6.50. The molecule has 4 nitrogen and oxygen atoms in total. The molecule has 1 atom stereocenters. The van der Waals surface area contributed by atoms with Crippen molar-refractivity contribution >= 4 is 11.6 Å². The summed E-state index contributed by atoms with van der Waals surface area (Å²) in [5, 5.41) is 13.7. The summed E-state index contributed by atoms with van der Waals surface area (Å²) in [6.07, 6.45) is 2.98. The Morgan fingerprint density at radius 2 is 2.25 bits per heavy atom. The van der Waals surface area contributed by atoms with Crippen LogP contribution in [0, 0.1) is 11.3 Å². The maximum Gasteiger partial charge on any atom is 0.138 e. The van der Waals surface area contributed by atoms with Crippen LogP contribution in [0.2, 0.25) is 5.02 Å². The van der Waals surface area contributed by atoms with Gasteiger partial charge in [0.05, 0.1) is 22.3 Å². The molecule has 0 aliphatic carbocycles. The van der Waals surface area contributed by atoms with E-state index in [4.69, 9.17) is 21.6 Å². The van der Waals surface area contributed by atoms with Crippen LogP contribution in [-0.4, -0.2) is 9.78 Å². The van der Waals surface area contributed by atoms with Crippen LogP contribution in [0.25, 0.3) is 0 Å². The van der Waals surface area contributed by atoms with Crippen LogP contribution >= 0.6 is 11.6 Å². The second-order valence-corrected chi connectivity index (χ2v) is 5.00. The first-order valence-corrected chi connectivity index (χ1v) is 6.88. The summed E-state index contributed by atoms with van der Waals surface area (Å²) in [5.74, 6) is 0.559. The molecule has 0 saturated carbocycles. The first-order chi connectivity index (χ1) is 9.63. The Morgan fingerprint density at radius 3 is 2.90 bits per heavy atom. The highest BCUT2D eigenvalue weighted by atomic mass is 35.5. The Kier molecular flexibility index (Phi) is 4.65. The summed E-state index contributed by atoms with van der Waals surface area (Å²) in [4.78, 5) is 0. The maximum atomic E-state index is 8.78. The summed E-state index contributed by atoms with van der Waals surface area (Å²) in [5.41, 5.74) is 1.37. The molecule has 0 spiro atoms. The number of hydrogen-bond acceptors (Lipinski definition) is 3. The number of ether oxygens (including phenoxy) is 1. The smallest absolute Gasteiger partial charge is 0.138 e. The second-order valence-electron chi connectivity index (χ2n) is 4.59. The number of aromatic nitrogens is 2. The minimum Gasteiger partial charge on any atom is -0.486 e. The molecule has 1 unspecified atom stereocenters. The third kappa shape index (κ3) is 3.31. The molecular weight excluding hydrogens is 274 g/mol. The molecule has 0 aliphatic heterocycles. The van der Waals surface area contributed by atoms with E-state index in [9.17, 15) is 0 Å². The summed E-state index contributed by atoms with van der Waals surface area (Å²) in [6.45, 7) is 4.60. The Balaban J connectivity index is 2.02. The minimum atomic E-state index is 0.356. The molecular formula is C15H16ClN3O. The van der Waals surface area contributed by atoms with Crippen LogP contribution in [0.1, 0.15) is 37.6 Å². The minimum absolute atomic E-state index is 0.356. The van der Waals surface area contributed by atoms with Gasteiger partial charge in [0.1, 0.15) is 12.4 Å². The van der Waals surface area contributed by atoms with Gasteiger partial charge < -0.3 is 4.74 Å². The fraction of sp³-hybridized carbons (Fsp3) is 0.333. The molecule has 0 aliphatic rings. The third-order valence-electron chi connectivity index (χ3n) is 3.14. The first kappa shape index (κ1) is 14.4. The van der Waals surface area contributed by atoms with E-state index in [1.54, 1.807) is 18.2 Å². The lowest BCUT2D eigenvalue weighted by molar-refractivity contribution is 0.298. The molecule has 2 aromatic rings. The van der Waals surface area contributed by atoms with Crippen LogP contribution in [-0.2, 0) is 6.61 Å². The van der Waals surface area contributed by atoms with E-state index in [0.29, 0.717) is 29.0 Å². The lowest BCUT2D eigenvalue weighted by Gasteiger charge is -2.09. The monoisotopic (exact) mass is 289 g/mol. The van der Waals surface area contributed by atoms with Crippen molar-refractivity contribution in [2.75, 3.05) is 0 Å². The van der Waals surface area contributed by atoms with Gasteiger partial charge >= 0.3 is 0 Å². The highest BCUT2D eigenvalue weighted by Crippen LogP contribution is 2.26. The van der Waals surface area contributed by atoms with Gasteiger partial charge in [-0.1, -0.05) is 18.5 Å². The van der Waals surface area contributed by atoms with Crippen molar-refractivity contribution in [3.63, 3.8) is 0 Å². The lowest BCUT2D eigenvalue weighted by Crippen LogP contribution is -2.05. The van der Waals surface area contributed by atoms with E-state index in [1.165, 1.54) is 0 Å². The standard InChI is InChI=1S/C15H16ClN3O/c1-3-11(2)19-7-6-13(18-19)10-20-15-5-4-12(9-17)8-14(15)16/h4-8,11H,3,10H2,1-2H3. The molecule has 1 aromatic carbocycles. The van der Waals surface area contributed by atoms with Crippen molar-refractivity contribution < 1.29 is 4.74 Å². The molecule has 5 heteroatoms. The van der Waals surface area contributed by atoms with Gasteiger partial charge in [0, 0.05) is 12.2 Å². The van der Waals surface area contributed by atoms with Gasteiger partial charge in [-0.05, 0) is 37.6 Å². The molecule has 1 aromatic heterocycles. The van der Waals surface area contributed by atoms with Crippen molar-refractivity contribution in [3.05, 3.63) is 46.7 Å². The Bertz CT molecular complexity index is 630. The van der Waals surface area contributed by atoms with Crippen LogP contribution < -0.4 is 4.74 Å². The van der Waals surface area contributed by atoms with Gasteiger partial charge in [-0.15, -0.1) is 0 Å². The number of halogens is 1. The maximum absolute atomic E-state index is 8.78. The fourth-order valence-electron chi connectivity index (χ4n) is 1.73. The van der Waals surface area contributed by atoms with Crippen molar-refractivity contribution in [1.82, 2.24) is 9.78 Å². The molecule has 104 valence electrons. The SMILES string of the molecule is CCC(C)n1ccc(COc2ccc(C#N)cc2Cl)n1. The second kappa shape index (κ2) is 6.44. The highest BCUT2D eigenvalue weighted by Gasteiger charge is 2.07. The largest absolute Gasteiger partial charge is 0.486 e. The predicted molar refractivity (Wildman–Crippen MR) is 77.7 cm³/mol. The van der Waals surface area contributed by atoms with E-state index in [1.807, 2.05) is 23.0 Å². The molecule has 0 saturated heterocycles. The summed E-state index contributed by atoms with van der Waals surface area (Å²) >= 11 is 6.05. The molecule has 0 radical (unpaired) electrons. The Labute approximate surface area is 123 Å². The van der Waals surface area contributed by atoms with Crippen molar-refractivity contribution in [2.45, 2.75) is 32.9 Å². The van der Waals surface area contributed by atoms with E-state index in [0.717, 1.165) is 12.1 Å². The predicted octanol–water partition coefficient (Wildman–Crippen LogP) is 3.96. The zero-order chi connectivity index (χ0) is 14.5. The zero-order valence-corrected chi connectivity index (χ0v) is 12.3. The van der Waals surface area contributed by atoms with Gasteiger partial charge in [0.2, 0.25) is 0 Å². The topological polar surface area (TPSA) is 50.8 Å². The molecule has 1 heterocycles. The highest BCUT2D eigenvalue weighted by molar-refractivity contribution is 6.32. The Morgan fingerprint density at radius 1 is 1.45 bits per heavy atom. The lowest BCUT2D eigenvalue weighted by atomic mass is 10.2. The number of benzene rings is 1. The van der Waals surface area contributed by atoms with Crippen LogP contribution in [0.3, 0.4) is 0 Å². The normalized spacial score (nSPS) is 11.9. The average molecular weight is 290 g/mol. The quantitative estimate of drug-likeness (QED) is 0.837. The van der Waals surface area contributed by atoms with Gasteiger partial charge in [-0.2, -0.15) is 10.4 Å². The molecule has 0 N–H and O–H groups in total. The molecule has 0 fully saturated rings. The van der Waals surface area contributed by atoms with Gasteiger partial charge in [0.15, 0.2) is 0 Å². The Hall–Kier alpha value is -1.99. The zero-order valence-electron chi connectivity index (χ0n) is 11.5. The van der Waals surface area contributed by atoms with Gasteiger partial charge in [0.25, 0.3) is 0 Å². The number of rotatable bonds is 5. The van der Waals surface area contributed by atoms with Crippen molar-refractivity contribution in [2.24, 2.45) is 0 Å². The van der Waals surface area contributed by atoms with E-state index >= 15 is 0 Å². The van der Waals surface area contributed by atoms with Crippen LogP contribution in [0.5, 0.6) is 5.75 Å². The van der Waals surface area contributed by atoms with Crippen molar-refractivity contribution in [1.29, 1.82) is 5.26 Å². The fourth-order valence-corrected chi connectivity index (χ4v) is 1.96. The number of nitriles is 1. The van der Waals surface area contributed by atoms with Crippen LogP contribution in [0.15, 0.2) is 30.5 Å². The van der Waals surface area contributed by atoms with Crippen LogP contribution in [0.4, 0.5) is 0 Å². The number of hydrogen-bond donors (Lipinski definition) is 0. The van der Waals surface area contributed by atoms with Gasteiger partial charge in [-0.25, -0.2) is 0 Å². The van der Waals surface area contributed by atoms with E-state index in [-0.39, 0.29) is 0 Å². The van der Waals surface area contributed by atoms with E-state index < -0.39 is 0 Å².